The van der Waals surface area contributed by atoms with Crippen molar-refractivity contribution in [1.82, 2.24) is 0 Å². The van der Waals surface area contributed by atoms with Gasteiger partial charge in [-0.1, -0.05) is 0 Å². The van der Waals surface area contributed by atoms with E-state index in [1.807, 2.05) is 5.87 Å². The molecule has 1 saturated carbocycles. The lowest BCUT2D eigenvalue weighted by Crippen LogP contribution is -2.22. The summed E-state index contributed by atoms with van der Waals surface area (Å²) in [7, 11) is 0. The van der Waals surface area contributed by atoms with Crippen molar-refractivity contribution in [3.05, 3.63) is 34.9 Å². The highest BCUT2D eigenvalue weighted by Crippen LogP contribution is 2.34. The highest BCUT2D eigenvalue weighted by Gasteiger charge is 2.35. The third-order valence-corrected chi connectivity index (χ3v) is 3.34. The summed E-state index contributed by atoms with van der Waals surface area (Å²) in [5.74, 6) is 0.300. The van der Waals surface area contributed by atoms with Crippen LogP contribution in [-0.4, -0.2) is 17.6 Å². The van der Waals surface area contributed by atoms with Crippen LogP contribution in [-0.2, 0) is 15.8 Å². The number of alkyl halides is 3. The Balaban J connectivity index is 2.16. The van der Waals surface area contributed by atoms with Crippen LogP contribution < -0.4 is 5.32 Å². The van der Waals surface area contributed by atoms with Gasteiger partial charge >= 0.3 is 6.18 Å². The minimum Gasteiger partial charge on any atom is -0.321 e. The maximum Gasteiger partial charge on any atom is 0.416 e. The average Bonchev–Trinajstić information content (AvgIpc) is 3.21. The van der Waals surface area contributed by atoms with E-state index in [4.69, 9.17) is 5.41 Å². The summed E-state index contributed by atoms with van der Waals surface area (Å²) in [5, 5.41) is 9.38. The third kappa shape index (κ3) is 3.43. The van der Waals surface area contributed by atoms with Crippen LogP contribution in [0.2, 0.25) is 0 Å². The first kappa shape index (κ1) is 16.0. The monoisotopic (exact) mass is 310 g/mol. The molecule has 1 fully saturated rings. The van der Waals surface area contributed by atoms with E-state index in [9.17, 15) is 22.8 Å². The molecule has 2 N–H and O–H groups in total. The van der Waals surface area contributed by atoms with Crippen molar-refractivity contribution in [2.45, 2.75) is 25.9 Å². The molecule has 0 aliphatic heterocycles. The van der Waals surface area contributed by atoms with Gasteiger partial charge in [-0.3, -0.25) is 15.0 Å². The van der Waals surface area contributed by atoms with Crippen molar-refractivity contribution < 1.29 is 22.8 Å². The van der Waals surface area contributed by atoms with Gasteiger partial charge in [-0.25, -0.2) is 0 Å². The van der Waals surface area contributed by atoms with E-state index in [0.717, 1.165) is 12.1 Å². The van der Waals surface area contributed by atoms with Gasteiger partial charge in [0.15, 0.2) is 5.78 Å². The Morgan fingerprint density at radius 2 is 1.95 bits per heavy atom. The second kappa shape index (κ2) is 5.77. The zero-order chi connectivity index (χ0) is 16.5. The van der Waals surface area contributed by atoms with Gasteiger partial charge in [0, 0.05) is 11.6 Å². The second-order valence-corrected chi connectivity index (χ2v) is 5.12. The van der Waals surface area contributed by atoms with Gasteiger partial charge in [0.25, 0.3) is 5.91 Å². The molecule has 1 amide bonds. The number of anilines is 1. The number of aryl methyl sites for hydroxylation is 1. The number of Topliss-reactive ketones (excluding diaryl/α,β-unsaturated/α-hetero) is 1. The fourth-order valence-electron chi connectivity index (χ4n) is 2.03. The van der Waals surface area contributed by atoms with Crippen molar-refractivity contribution in [2.24, 2.45) is 5.92 Å². The maximum absolute atomic E-state index is 12.7. The van der Waals surface area contributed by atoms with E-state index in [-0.39, 0.29) is 17.2 Å². The summed E-state index contributed by atoms with van der Waals surface area (Å²) in [4.78, 5) is 23.7. The number of hydrogen-bond acceptors (Lipinski definition) is 3. The Morgan fingerprint density at radius 3 is 2.41 bits per heavy atom. The fourth-order valence-corrected chi connectivity index (χ4v) is 2.03. The molecular weight excluding hydrogens is 297 g/mol. The molecule has 0 bridgehead atoms. The minimum absolute atomic E-state index is 0.0424. The molecule has 2 rings (SSSR count). The molecule has 0 unspecified atom stereocenters. The van der Waals surface area contributed by atoms with Gasteiger partial charge in [-0.05, 0) is 49.4 Å². The Kier molecular flexibility index (Phi) is 4.19. The highest BCUT2D eigenvalue weighted by molar-refractivity contribution is 6.29. The topological polar surface area (TPSA) is 70.0 Å². The van der Waals surface area contributed by atoms with E-state index in [0.29, 0.717) is 12.8 Å². The summed E-state index contributed by atoms with van der Waals surface area (Å²) in [6, 6.07) is 3.14. The number of nitrogens with one attached hydrogen (secondary N) is 2. The molecule has 4 nitrogen and oxygen atoms in total. The Bertz CT molecular complexity index is 685. The molecule has 0 saturated heterocycles. The summed E-state index contributed by atoms with van der Waals surface area (Å²) in [6.07, 6.45) is -3.11. The maximum atomic E-state index is 12.7. The van der Waals surface area contributed by atoms with Crippen LogP contribution in [0.3, 0.4) is 0 Å². The molecule has 1 aliphatic carbocycles. The predicted molar refractivity (Wildman–Crippen MR) is 73.8 cm³/mol. The smallest absolute Gasteiger partial charge is 0.321 e. The minimum atomic E-state index is -4.46. The van der Waals surface area contributed by atoms with Crippen molar-refractivity contribution in [3.8, 4) is 0 Å². The van der Waals surface area contributed by atoms with Crippen LogP contribution in [0.25, 0.3) is 0 Å². The van der Waals surface area contributed by atoms with Crippen molar-refractivity contribution in [3.63, 3.8) is 0 Å². The number of carbonyl (C=O) groups is 2. The first-order valence-corrected chi connectivity index (χ1v) is 6.57. The molecular formula is C15H13F3N2O2. The van der Waals surface area contributed by atoms with E-state index in [1.165, 1.54) is 13.0 Å². The third-order valence-electron chi connectivity index (χ3n) is 3.34. The van der Waals surface area contributed by atoms with Crippen LogP contribution in [0, 0.1) is 18.3 Å². The molecule has 116 valence electrons. The highest BCUT2D eigenvalue weighted by atomic mass is 19.4. The van der Waals surface area contributed by atoms with E-state index >= 15 is 0 Å². The fraction of sp³-hybridized carbons (Fsp3) is 0.333. The first-order valence-electron chi connectivity index (χ1n) is 6.57. The molecule has 0 spiro atoms. The molecule has 0 atom stereocenters. The molecule has 0 aromatic heterocycles. The Labute approximate surface area is 124 Å². The quantitative estimate of drug-likeness (QED) is 0.388. The number of benzene rings is 1. The Morgan fingerprint density at radius 1 is 1.32 bits per heavy atom. The largest absolute Gasteiger partial charge is 0.416 e. The van der Waals surface area contributed by atoms with Gasteiger partial charge < -0.3 is 5.32 Å². The Hall–Kier alpha value is -2.40. The lowest BCUT2D eigenvalue weighted by Gasteiger charge is -2.12. The molecule has 0 heterocycles. The van der Waals surface area contributed by atoms with Gasteiger partial charge in [-0.2, -0.15) is 13.2 Å². The molecule has 22 heavy (non-hydrogen) atoms. The molecule has 1 aromatic carbocycles. The number of rotatable bonds is 4. The van der Waals surface area contributed by atoms with Gasteiger partial charge in [0.2, 0.25) is 0 Å². The summed E-state index contributed by atoms with van der Waals surface area (Å²) in [6.45, 7) is 1.28. The SMILES string of the molecule is Cc1cc(NC(=O)C(=C=N)C(=O)C2CC2)ccc1C(F)(F)F. The van der Waals surface area contributed by atoms with E-state index < -0.39 is 29.0 Å². The standard InChI is InChI=1S/C15H13F3N2O2/c1-8-6-10(4-5-12(8)15(16,17)18)20-14(22)11(7-19)13(21)9-2-3-9/h4-6,9,19H,2-3H2,1H3,(H,20,22). The lowest BCUT2D eigenvalue weighted by molar-refractivity contribution is -0.138. The molecule has 1 aromatic rings. The zero-order valence-electron chi connectivity index (χ0n) is 11.7. The summed E-state index contributed by atoms with van der Waals surface area (Å²) in [5.41, 5.74) is -1.10. The van der Waals surface area contributed by atoms with Gasteiger partial charge in [0.05, 0.1) is 5.56 Å². The number of halogens is 3. The van der Waals surface area contributed by atoms with Crippen LogP contribution in [0.15, 0.2) is 23.8 Å². The summed E-state index contributed by atoms with van der Waals surface area (Å²) < 4.78 is 38.0. The predicted octanol–water partition coefficient (Wildman–Crippen LogP) is 3.11. The number of hydrogen-bond donors (Lipinski definition) is 2. The van der Waals surface area contributed by atoms with E-state index in [2.05, 4.69) is 5.32 Å². The van der Waals surface area contributed by atoms with Crippen LogP contribution >= 0.6 is 0 Å². The number of amides is 1. The van der Waals surface area contributed by atoms with E-state index in [1.54, 1.807) is 0 Å². The number of ketones is 1. The second-order valence-electron chi connectivity index (χ2n) is 5.12. The van der Waals surface area contributed by atoms with Gasteiger partial charge in [-0.15, -0.1) is 0 Å². The number of carbonyl (C=O) groups excluding carboxylic acids is 2. The molecule has 0 radical (unpaired) electrons. The zero-order valence-corrected chi connectivity index (χ0v) is 11.7. The van der Waals surface area contributed by atoms with Crippen LogP contribution in [0.4, 0.5) is 18.9 Å². The molecule has 1 aliphatic rings. The first-order chi connectivity index (χ1) is 10.2. The van der Waals surface area contributed by atoms with Gasteiger partial charge in [0.1, 0.15) is 5.57 Å². The van der Waals surface area contributed by atoms with Crippen molar-refractivity contribution in [1.29, 1.82) is 5.41 Å². The van der Waals surface area contributed by atoms with Crippen LogP contribution in [0.5, 0.6) is 0 Å². The van der Waals surface area contributed by atoms with Crippen molar-refractivity contribution >= 4 is 23.2 Å². The normalized spacial score (nSPS) is 14.2. The lowest BCUT2D eigenvalue weighted by atomic mass is 10.1. The van der Waals surface area contributed by atoms with Crippen molar-refractivity contribution in [2.75, 3.05) is 5.32 Å². The average molecular weight is 310 g/mol. The van der Waals surface area contributed by atoms with Crippen LogP contribution in [0.1, 0.15) is 24.0 Å². The summed E-state index contributed by atoms with van der Waals surface area (Å²) >= 11 is 0. The molecule has 7 heteroatoms.